The molecule has 2 aromatic rings. The highest BCUT2D eigenvalue weighted by Gasteiger charge is 2.21. The third-order valence-corrected chi connectivity index (χ3v) is 5.12. The van der Waals surface area contributed by atoms with E-state index in [4.69, 9.17) is 4.74 Å². The monoisotopic (exact) mass is 367 g/mol. The summed E-state index contributed by atoms with van der Waals surface area (Å²) in [4.78, 5) is 17.0. The predicted molar refractivity (Wildman–Crippen MR) is 111 cm³/mol. The lowest BCUT2D eigenvalue weighted by atomic mass is 10.1. The van der Waals surface area contributed by atoms with Crippen LogP contribution < -0.4 is 15.0 Å². The van der Waals surface area contributed by atoms with Crippen molar-refractivity contribution >= 4 is 17.3 Å². The van der Waals surface area contributed by atoms with E-state index in [1.54, 1.807) is 0 Å². The van der Waals surface area contributed by atoms with E-state index in [0.29, 0.717) is 13.2 Å². The van der Waals surface area contributed by atoms with Crippen molar-refractivity contribution in [1.29, 1.82) is 0 Å². The van der Waals surface area contributed by atoms with Gasteiger partial charge in [0.25, 0.3) is 0 Å². The first-order chi connectivity index (χ1) is 13.1. The number of carbonyl (C=O) groups is 1. The largest absolute Gasteiger partial charge is 0.492 e. The highest BCUT2D eigenvalue weighted by molar-refractivity contribution is 5.93. The van der Waals surface area contributed by atoms with Gasteiger partial charge in [0.15, 0.2) is 0 Å². The number of carbonyl (C=O) groups excluding carboxylic acids is 1. The summed E-state index contributed by atoms with van der Waals surface area (Å²) in [6, 6.07) is 14.2. The van der Waals surface area contributed by atoms with Crippen LogP contribution in [0.15, 0.2) is 42.5 Å². The lowest BCUT2D eigenvalue weighted by molar-refractivity contribution is -0.117. The molecule has 0 spiro atoms. The Kier molecular flexibility index (Phi) is 6.35. The average molecular weight is 367 g/mol. The van der Waals surface area contributed by atoms with E-state index < -0.39 is 0 Å². The molecule has 1 N–H and O–H groups in total. The molecular formula is C22H29N3O2. The van der Waals surface area contributed by atoms with E-state index in [-0.39, 0.29) is 5.91 Å². The van der Waals surface area contributed by atoms with Gasteiger partial charge in [0, 0.05) is 31.9 Å². The number of amides is 1. The van der Waals surface area contributed by atoms with Crippen molar-refractivity contribution in [2.24, 2.45) is 0 Å². The van der Waals surface area contributed by atoms with Crippen LogP contribution in [0, 0.1) is 13.8 Å². The maximum absolute atomic E-state index is 12.4. The summed E-state index contributed by atoms with van der Waals surface area (Å²) in [6.45, 7) is 10.7. The molecule has 3 rings (SSSR count). The van der Waals surface area contributed by atoms with E-state index in [1.807, 2.05) is 44.2 Å². The van der Waals surface area contributed by atoms with Crippen LogP contribution in [0.25, 0.3) is 0 Å². The molecule has 0 atom stereocenters. The lowest BCUT2D eigenvalue weighted by Gasteiger charge is -2.36. The number of ether oxygens (including phenoxy) is 1. The molecule has 0 radical (unpaired) electrons. The standard InChI is InChI=1S/C22H29N3O2/c1-4-27-21-11-6-5-10-20(21)25-14-12-24(13-15-25)16-22(26)23-19-9-7-8-17(2)18(19)3/h5-11H,4,12-16H2,1-3H3,(H,23,26). The van der Waals surface area contributed by atoms with Crippen LogP contribution in [0.5, 0.6) is 5.75 Å². The third kappa shape index (κ3) is 4.80. The van der Waals surface area contributed by atoms with Crippen molar-refractivity contribution < 1.29 is 9.53 Å². The minimum atomic E-state index is 0.0480. The van der Waals surface area contributed by atoms with Gasteiger partial charge >= 0.3 is 0 Å². The molecule has 5 heteroatoms. The van der Waals surface area contributed by atoms with Gasteiger partial charge in [-0.1, -0.05) is 24.3 Å². The van der Waals surface area contributed by atoms with Gasteiger partial charge in [0.2, 0.25) is 5.91 Å². The minimum Gasteiger partial charge on any atom is -0.492 e. The van der Waals surface area contributed by atoms with Gasteiger partial charge in [0.1, 0.15) is 5.75 Å². The molecule has 0 bridgehead atoms. The summed E-state index contributed by atoms with van der Waals surface area (Å²) >= 11 is 0. The molecule has 0 aromatic heterocycles. The van der Waals surface area contributed by atoms with Crippen LogP contribution in [-0.4, -0.2) is 50.1 Å². The normalized spacial score (nSPS) is 14.9. The summed E-state index contributed by atoms with van der Waals surface area (Å²) in [5.41, 5.74) is 4.36. The SMILES string of the molecule is CCOc1ccccc1N1CCN(CC(=O)Nc2cccc(C)c2C)CC1. The Morgan fingerprint density at radius 1 is 1.04 bits per heavy atom. The first kappa shape index (κ1) is 19.2. The Labute approximate surface area is 161 Å². The van der Waals surface area contributed by atoms with Crippen molar-refractivity contribution in [2.45, 2.75) is 20.8 Å². The first-order valence-corrected chi connectivity index (χ1v) is 9.63. The molecule has 144 valence electrons. The highest BCUT2D eigenvalue weighted by Crippen LogP contribution is 2.28. The fourth-order valence-corrected chi connectivity index (χ4v) is 3.42. The third-order valence-electron chi connectivity index (χ3n) is 5.12. The van der Waals surface area contributed by atoms with Crippen LogP contribution >= 0.6 is 0 Å². The Hall–Kier alpha value is -2.53. The summed E-state index contributed by atoms with van der Waals surface area (Å²) < 4.78 is 5.75. The Morgan fingerprint density at radius 3 is 2.52 bits per heavy atom. The number of nitrogens with zero attached hydrogens (tertiary/aromatic N) is 2. The number of aryl methyl sites for hydroxylation is 1. The molecule has 2 aromatic carbocycles. The van der Waals surface area contributed by atoms with Crippen LogP contribution in [0.3, 0.4) is 0 Å². The molecule has 1 aliphatic heterocycles. The zero-order valence-electron chi connectivity index (χ0n) is 16.5. The zero-order chi connectivity index (χ0) is 19.2. The minimum absolute atomic E-state index is 0.0480. The molecular weight excluding hydrogens is 338 g/mol. The summed E-state index contributed by atoms with van der Waals surface area (Å²) in [6.07, 6.45) is 0. The molecule has 5 nitrogen and oxygen atoms in total. The quantitative estimate of drug-likeness (QED) is 0.849. The average Bonchev–Trinajstić information content (AvgIpc) is 2.67. The second kappa shape index (κ2) is 8.91. The number of para-hydroxylation sites is 2. The predicted octanol–water partition coefficient (Wildman–Crippen LogP) is 3.46. The van der Waals surface area contributed by atoms with Crippen molar-refractivity contribution in [3.63, 3.8) is 0 Å². The topological polar surface area (TPSA) is 44.8 Å². The van der Waals surface area contributed by atoms with E-state index >= 15 is 0 Å². The van der Waals surface area contributed by atoms with Crippen molar-refractivity contribution in [2.75, 3.05) is 49.5 Å². The van der Waals surface area contributed by atoms with Gasteiger partial charge in [-0.3, -0.25) is 9.69 Å². The number of hydrogen-bond donors (Lipinski definition) is 1. The van der Waals surface area contributed by atoms with Gasteiger partial charge in [0.05, 0.1) is 18.8 Å². The summed E-state index contributed by atoms with van der Waals surface area (Å²) in [7, 11) is 0. The van der Waals surface area contributed by atoms with Crippen LogP contribution in [0.1, 0.15) is 18.1 Å². The Balaban J connectivity index is 1.54. The van der Waals surface area contributed by atoms with Gasteiger partial charge in [-0.25, -0.2) is 0 Å². The van der Waals surface area contributed by atoms with Gasteiger partial charge in [-0.05, 0) is 50.1 Å². The molecule has 1 fully saturated rings. The molecule has 1 aliphatic rings. The number of piperazine rings is 1. The van der Waals surface area contributed by atoms with Gasteiger partial charge < -0.3 is 15.0 Å². The molecule has 1 saturated heterocycles. The molecule has 1 heterocycles. The second-order valence-corrected chi connectivity index (χ2v) is 6.96. The molecule has 1 amide bonds. The lowest BCUT2D eigenvalue weighted by Crippen LogP contribution is -2.48. The highest BCUT2D eigenvalue weighted by atomic mass is 16.5. The van der Waals surface area contributed by atoms with Gasteiger partial charge in [-0.15, -0.1) is 0 Å². The van der Waals surface area contributed by atoms with Crippen molar-refractivity contribution in [1.82, 2.24) is 4.90 Å². The van der Waals surface area contributed by atoms with Crippen LogP contribution in [0.4, 0.5) is 11.4 Å². The molecule has 0 saturated carbocycles. The fraction of sp³-hybridized carbons (Fsp3) is 0.409. The molecule has 0 unspecified atom stereocenters. The summed E-state index contributed by atoms with van der Waals surface area (Å²) in [5, 5.41) is 3.05. The molecule has 0 aliphatic carbocycles. The zero-order valence-corrected chi connectivity index (χ0v) is 16.5. The Bertz CT molecular complexity index is 783. The number of hydrogen-bond acceptors (Lipinski definition) is 4. The van der Waals surface area contributed by atoms with Crippen LogP contribution in [0.2, 0.25) is 0 Å². The maximum atomic E-state index is 12.4. The fourth-order valence-electron chi connectivity index (χ4n) is 3.42. The Morgan fingerprint density at radius 2 is 1.78 bits per heavy atom. The van der Waals surface area contributed by atoms with Crippen LogP contribution in [-0.2, 0) is 4.79 Å². The number of nitrogens with one attached hydrogen (secondary N) is 1. The number of rotatable bonds is 6. The second-order valence-electron chi connectivity index (χ2n) is 6.96. The van der Waals surface area contributed by atoms with E-state index in [9.17, 15) is 4.79 Å². The molecule has 27 heavy (non-hydrogen) atoms. The summed E-state index contributed by atoms with van der Waals surface area (Å²) in [5.74, 6) is 0.980. The number of benzene rings is 2. The van der Waals surface area contributed by atoms with E-state index in [2.05, 4.69) is 34.2 Å². The smallest absolute Gasteiger partial charge is 0.238 e. The number of anilines is 2. The van der Waals surface area contributed by atoms with E-state index in [0.717, 1.165) is 48.9 Å². The maximum Gasteiger partial charge on any atom is 0.238 e. The van der Waals surface area contributed by atoms with E-state index in [1.165, 1.54) is 5.56 Å². The van der Waals surface area contributed by atoms with Crippen molar-refractivity contribution in [3.05, 3.63) is 53.6 Å². The first-order valence-electron chi connectivity index (χ1n) is 9.63. The van der Waals surface area contributed by atoms with Gasteiger partial charge in [-0.2, -0.15) is 0 Å². The van der Waals surface area contributed by atoms with Crippen molar-refractivity contribution in [3.8, 4) is 5.75 Å².